The highest BCUT2D eigenvalue weighted by molar-refractivity contribution is 5.77. The van der Waals surface area contributed by atoms with Gasteiger partial charge >= 0.3 is 5.97 Å². The first kappa shape index (κ1) is 12.4. The van der Waals surface area contributed by atoms with E-state index in [0.29, 0.717) is 25.4 Å². The molecule has 0 unspecified atom stereocenters. The zero-order chi connectivity index (χ0) is 12.5. The molecule has 1 amide bonds. The molecule has 2 aliphatic rings. The van der Waals surface area contributed by atoms with Gasteiger partial charge in [-0.1, -0.05) is 6.42 Å². The molecule has 1 heterocycles. The monoisotopic (exact) mass is 241 g/mol. The van der Waals surface area contributed by atoms with E-state index < -0.39 is 11.6 Å². The van der Waals surface area contributed by atoms with Crippen molar-refractivity contribution < 1.29 is 19.4 Å². The fraction of sp³-hybridized carbons (Fsp3) is 0.833. The molecule has 1 aliphatic carbocycles. The molecule has 0 spiro atoms. The summed E-state index contributed by atoms with van der Waals surface area (Å²) in [6.45, 7) is 2.60. The van der Waals surface area contributed by atoms with Crippen LogP contribution in [-0.4, -0.2) is 47.2 Å². The van der Waals surface area contributed by atoms with Crippen molar-refractivity contribution in [3.05, 3.63) is 0 Å². The molecule has 96 valence electrons. The summed E-state index contributed by atoms with van der Waals surface area (Å²) in [6, 6.07) is 0. The molecule has 17 heavy (non-hydrogen) atoms. The van der Waals surface area contributed by atoms with E-state index in [4.69, 9.17) is 9.84 Å². The topological polar surface area (TPSA) is 66.8 Å². The van der Waals surface area contributed by atoms with E-state index in [1.807, 2.05) is 6.92 Å². The maximum absolute atomic E-state index is 11.8. The van der Waals surface area contributed by atoms with Gasteiger partial charge in [-0.2, -0.15) is 0 Å². The third-order valence-electron chi connectivity index (χ3n) is 3.64. The summed E-state index contributed by atoms with van der Waals surface area (Å²) in [5, 5.41) is 8.52. The Hall–Kier alpha value is -1.10. The molecular weight excluding hydrogens is 222 g/mol. The van der Waals surface area contributed by atoms with E-state index in [2.05, 4.69) is 0 Å². The Kier molecular flexibility index (Phi) is 3.38. The molecule has 1 saturated carbocycles. The Morgan fingerprint density at radius 1 is 1.41 bits per heavy atom. The van der Waals surface area contributed by atoms with Gasteiger partial charge in [-0.15, -0.1) is 0 Å². The van der Waals surface area contributed by atoms with Crippen LogP contribution in [0.3, 0.4) is 0 Å². The zero-order valence-corrected chi connectivity index (χ0v) is 10.1. The van der Waals surface area contributed by atoms with Gasteiger partial charge in [-0.3, -0.25) is 4.79 Å². The second-order valence-electron chi connectivity index (χ2n) is 5.38. The van der Waals surface area contributed by atoms with E-state index in [0.717, 1.165) is 0 Å². The van der Waals surface area contributed by atoms with Gasteiger partial charge < -0.3 is 14.7 Å². The average Bonchev–Trinajstić information content (AvgIpc) is 2.16. The van der Waals surface area contributed by atoms with Crippen molar-refractivity contribution in [2.45, 2.75) is 38.2 Å². The van der Waals surface area contributed by atoms with Crippen LogP contribution < -0.4 is 0 Å². The van der Waals surface area contributed by atoms with Gasteiger partial charge in [0, 0.05) is 6.42 Å². The van der Waals surface area contributed by atoms with Gasteiger partial charge in [0.25, 0.3) is 0 Å². The van der Waals surface area contributed by atoms with Gasteiger partial charge in [-0.25, -0.2) is 4.79 Å². The normalized spacial score (nSPS) is 22.8. The largest absolute Gasteiger partial charge is 0.480 e. The Balaban J connectivity index is 1.69. The van der Waals surface area contributed by atoms with Crippen molar-refractivity contribution >= 4 is 11.9 Å². The van der Waals surface area contributed by atoms with E-state index in [9.17, 15) is 9.59 Å². The highest BCUT2D eigenvalue weighted by Crippen LogP contribution is 2.32. The molecule has 2 rings (SSSR count). The standard InChI is InChI=1S/C12H19NO4/c1-12(17-6-11(15)16)7-13(8-12)10(14)5-9-3-2-4-9/h9H,2-8H2,1H3,(H,15,16). The number of carbonyl (C=O) groups excluding carboxylic acids is 1. The number of carboxylic acid groups (broad SMARTS) is 1. The minimum Gasteiger partial charge on any atom is -0.480 e. The number of amides is 1. The average molecular weight is 241 g/mol. The van der Waals surface area contributed by atoms with Crippen LogP contribution in [0.5, 0.6) is 0 Å². The van der Waals surface area contributed by atoms with E-state index in [1.165, 1.54) is 19.3 Å². The predicted octanol–water partition coefficient (Wildman–Crippen LogP) is 0.879. The van der Waals surface area contributed by atoms with Gasteiger partial charge in [0.05, 0.1) is 13.1 Å². The number of hydrogen-bond donors (Lipinski definition) is 1. The number of rotatable bonds is 5. The second-order valence-corrected chi connectivity index (χ2v) is 5.38. The molecule has 0 radical (unpaired) electrons. The summed E-state index contributed by atoms with van der Waals surface area (Å²) in [7, 11) is 0. The molecule has 0 aromatic rings. The lowest BCUT2D eigenvalue weighted by Gasteiger charge is -2.47. The lowest BCUT2D eigenvalue weighted by atomic mass is 9.82. The minimum atomic E-state index is -0.967. The number of ether oxygens (including phenoxy) is 1. The molecule has 0 aromatic carbocycles. The molecule has 5 nitrogen and oxygen atoms in total. The van der Waals surface area contributed by atoms with Crippen molar-refractivity contribution in [2.24, 2.45) is 5.92 Å². The third-order valence-corrected chi connectivity index (χ3v) is 3.64. The first-order valence-corrected chi connectivity index (χ1v) is 6.12. The second kappa shape index (κ2) is 4.64. The molecular formula is C12H19NO4. The van der Waals surface area contributed by atoms with Crippen LogP contribution in [0.1, 0.15) is 32.6 Å². The molecule has 5 heteroatoms. The number of aliphatic carboxylic acids is 1. The molecule has 0 atom stereocenters. The number of carboxylic acids is 1. The summed E-state index contributed by atoms with van der Waals surface area (Å²) in [5.41, 5.74) is -0.465. The molecule has 0 aromatic heterocycles. The zero-order valence-electron chi connectivity index (χ0n) is 10.1. The smallest absolute Gasteiger partial charge is 0.329 e. The van der Waals surface area contributed by atoms with Gasteiger partial charge in [0.2, 0.25) is 5.91 Å². The summed E-state index contributed by atoms with van der Waals surface area (Å²) in [6.07, 6.45) is 4.24. The van der Waals surface area contributed by atoms with Gasteiger partial charge in [0.15, 0.2) is 0 Å². The van der Waals surface area contributed by atoms with Crippen LogP contribution in [0.4, 0.5) is 0 Å². The Morgan fingerprint density at radius 2 is 2.06 bits per heavy atom. The SMILES string of the molecule is CC1(OCC(=O)O)CN(C(=O)CC2CCC2)C1. The van der Waals surface area contributed by atoms with Crippen LogP contribution in [0.15, 0.2) is 0 Å². The quantitative estimate of drug-likeness (QED) is 0.776. The van der Waals surface area contributed by atoms with Gasteiger partial charge in [-0.05, 0) is 25.7 Å². The minimum absolute atomic E-state index is 0.186. The fourth-order valence-electron chi connectivity index (χ4n) is 2.34. The van der Waals surface area contributed by atoms with E-state index >= 15 is 0 Å². The third kappa shape index (κ3) is 2.97. The fourth-order valence-corrected chi connectivity index (χ4v) is 2.34. The van der Waals surface area contributed by atoms with Crippen molar-refractivity contribution in [1.29, 1.82) is 0 Å². The lowest BCUT2D eigenvalue weighted by Crippen LogP contribution is -2.63. The maximum Gasteiger partial charge on any atom is 0.329 e. The van der Waals surface area contributed by atoms with Crippen molar-refractivity contribution in [1.82, 2.24) is 4.90 Å². The van der Waals surface area contributed by atoms with Crippen LogP contribution in [0.25, 0.3) is 0 Å². The molecule has 1 aliphatic heterocycles. The Labute approximate surface area is 101 Å². The van der Waals surface area contributed by atoms with Gasteiger partial charge in [0.1, 0.15) is 12.2 Å². The maximum atomic E-state index is 11.8. The van der Waals surface area contributed by atoms with Crippen LogP contribution in [-0.2, 0) is 14.3 Å². The summed E-state index contributed by atoms with van der Waals surface area (Å²) in [5.74, 6) is -0.203. The molecule has 2 fully saturated rings. The number of likely N-dealkylation sites (tertiary alicyclic amines) is 1. The molecule has 0 bridgehead atoms. The first-order valence-electron chi connectivity index (χ1n) is 6.12. The summed E-state index contributed by atoms with van der Waals surface area (Å²) >= 11 is 0. The van der Waals surface area contributed by atoms with Crippen LogP contribution in [0.2, 0.25) is 0 Å². The highest BCUT2D eigenvalue weighted by atomic mass is 16.5. The summed E-state index contributed by atoms with van der Waals surface area (Å²) in [4.78, 5) is 24.0. The molecule has 1 N–H and O–H groups in total. The van der Waals surface area contributed by atoms with Crippen LogP contribution >= 0.6 is 0 Å². The Morgan fingerprint density at radius 3 is 2.53 bits per heavy atom. The van der Waals surface area contributed by atoms with E-state index in [1.54, 1.807) is 4.90 Å². The predicted molar refractivity (Wildman–Crippen MR) is 60.5 cm³/mol. The first-order chi connectivity index (χ1) is 7.98. The number of carbonyl (C=O) groups is 2. The highest BCUT2D eigenvalue weighted by Gasteiger charge is 2.43. The van der Waals surface area contributed by atoms with E-state index in [-0.39, 0.29) is 12.5 Å². The number of nitrogens with zero attached hydrogens (tertiary/aromatic N) is 1. The summed E-state index contributed by atoms with van der Waals surface area (Å²) < 4.78 is 5.26. The van der Waals surface area contributed by atoms with Crippen molar-refractivity contribution in [3.8, 4) is 0 Å². The van der Waals surface area contributed by atoms with Crippen molar-refractivity contribution in [2.75, 3.05) is 19.7 Å². The lowest BCUT2D eigenvalue weighted by molar-refractivity contribution is -0.174. The van der Waals surface area contributed by atoms with Crippen molar-refractivity contribution in [3.63, 3.8) is 0 Å². The Bertz CT molecular complexity index is 318. The van der Waals surface area contributed by atoms with Crippen LogP contribution in [0, 0.1) is 5.92 Å². The number of hydrogen-bond acceptors (Lipinski definition) is 3. The molecule has 1 saturated heterocycles.